The molecule has 0 aliphatic heterocycles. The molecule has 0 N–H and O–H groups in total. The molecule has 0 aromatic heterocycles. The Hall–Kier alpha value is 0.0600. The Bertz CT molecular complexity index is 557. The second kappa shape index (κ2) is 6.48. The average molecular weight is 484 g/mol. The smallest absolute Gasteiger partial charge is 0.126 e. The van der Waals surface area contributed by atoms with E-state index in [1.165, 1.54) is 9.64 Å². The molecule has 0 fully saturated rings. The van der Waals surface area contributed by atoms with Crippen LogP contribution in [0.4, 0.5) is 4.39 Å². The van der Waals surface area contributed by atoms with Crippen molar-refractivity contribution in [3.05, 3.63) is 67.5 Å². The van der Waals surface area contributed by atoms with Gasteiger partial charge >= 0.3 is 0 Å². The van der Waals surface area contributed by atoms with Gasteiger partial charge in [-0.1, -0.05) is 50.1 Å². The third kappa shape index (κ3) is 3.54. The van der Waals surface area contributed by atoms with Gasteiger partial charge in [-0.25, -0.2) is 4.39 Å². The van der Waals surface area contributed by atoms with Gasteiger partial charge in [0.1, 0.15) is 5.82 Å². The van der Waals surface area contributed by atoms with E-state index in [9.17, 15) is 4.39 Å². The van der Waals surface area contributed by atoms with E-state index in [1.54, 1.807) is 6.07 Å². The maximum Gasteiger partial charge on any atom is 0.126 e. The fourth-order valence-electron chi connectivity index (χ4n) is 1.72. The summed E-state index contributed by atoms with van der Waals surface area (Å²) in [5.74, 6) is -0.149. The predicted octanol–water partition coefficient (Wildman–Crippen LogP) is 5.87. The Kier molecular flexibility index (Phi) is 5.21. The van der Waals surface area contributed by atoms with Crippen LogP contribution in [0.15, 0.2) is 46.9 Å². The van der Waals surface area contributed by atoms with Gasteiger partial charge in [-0.15, -0.1) is 0 Å². The Morgan fingerprint density at radius 2 is 1.89 bits per heavy atom. The van der Waals surface area contributed by atoms with Crippen molar-refractivity contribution < 1.29 is 4.39 Å². The summed E-state index contributed by atoms with van der Waals surface area (Å²) in [5, 5.41) is 0. The van der Waals surface area contributed by atoms with Crippen molar-refractivity contribution >= 4 is 54.5 Å². The molecule has 0 saturated carbocycles. The van der Waals surface area contributed by atoms with Gasteiger partial charge in [0.15, 0.2) is 0 Å². The highest BCUT2D eigenvalue weighted by molar-refractivity contribution is 14.1. The minimum absolute atomic E-state index is 0.0958. The van der Waals surface area contributed by atoms with Crippen molar-refractivity contribution in [2.75, 3.05) is 0 Å². The van der Waals surface area contributed by atoms with Crippen LogP contribution in [0.3, 0.4) is 0 Å². The topological polar surface area (TPSA) is 0 Å². The van der Waals surface area contributed by atoms with Crippen LogP contribution in [0.1, 0.15) is 16.0 Å². The van der Waals surface area contributed by atoms with Gasteiger partial charge in [-0.3, -0.25) is 0 Å². The average Bonchev–Trinajstić information content (AvgIpc) is 2.35. The van der Waals surface area contributed by atoms with E-state index in [2.05, 4.69) is 60.5 Å². The molecule has 94 valence electrons. The highest BCUT2D eigenvalue weighted by Crippen LogP contribution is 2.34. The minimum atomic E-state index is -0.149. The highest BCUT2D eigenvalue weighted by atomic mass is 127. The first-order chi connectivity index (χ1) is 8.58. The molecule has 4 heteroatoms. The molecule has 18 heavy (non-hydrogen) atoms. The van der Waals surface area contributed by atoms with Gasteiger partial charge < -0.3 is 0 Å². The first-order valence-electron chi connectivity index (χ1n) is 5.40. The van der Waals surface area contributed by atoms with Gasteiger partial charge in [0.05, 0.1) is 0 Å². The summed E-state index contributed by atoms with van der Waals surface area (Å²) in [5.41, 5.74) is 1.87. The normalized spacial score (nSPS) is 12.4. The summed E-state index contributed by atoms with van der Waals surface area (Å²) in [4.78, 5) is 0.0958. The zero-order valence-corrected chi connectivity index (χ0v) is 14.7. The van der Waals surface area contributed by atoms with Gasteiger partial charge in [0.2, 0.25) is 0 Å². The second-order valence-corrected chi connectivity index (χ2v) is 7.13. The predicted molar refractivity (Wildman–Crippen MR) is 88.6 cm³/mol. The molecule has 1 atom stereocenters. The van der Waals surface area contributed by atoms with E-state index in [0.717, 1.165) is 15.6 Å². The lowest BCUT2D eigenvalue weighted by Gasteiger charge is -2.13. The lowest BCUT2D eigenvalue weighted by molar-refractivity contribution is 0.608. The van der Waals surface area contributed by atoms with E-state index in [0.29, 0.717) is 6.42 Å². The van der Waals surface area contributed by atoms with Crippen molar-refractivity contribution in [3.63, 3.8) is 0 Å². The van der Waals surface area contributed by atoms with Crippen LogP contribution in [0.2, 0.25) is 0 Å². The van der Waals surface area contributed by atoms with Crippen LogP contribution in [-0.2, 0) is 6.42 Å². The lowest BCUT2D eigenvalue weighted by atomic mass is 10.0. The fraction of sp³-hybridized carbons (Fsp3) is 0.143. The summed E-state index contributed by atoms with van der Waals surface area (Å²) in [7, 11) is 0. The van der Waals surface area contributed by atoms with E-state index in [-0.39, 0.29) is 10.6 Å². The van der Waals surface area contributed by atoms with Crippen molar-refractivity contribution in [2.45, 2.75) is 11.2 Å². The molecule has 0 nitrogen and oxygen atoms in total. The lowest BCUT2D eigenvalue weighted by Crippen LogP contribution is -1.99. The number of hydrogen-bond donors (Lipinski definition) is 0. The third-order valence-electron chi connectivity index (χ3n) is 2.65. The quantitative estimate of drug-likeness (QED) is 0.378. The maximum absolute atomic E-state index is 13.6. The summed E-state index contributed by atoms with van der Waals surface area (Å²) in [6, 6.07) is 13.1. The zero-order valence-electron chi connectivity index (χ0n) is 9.34. The standard InChI is InChI=1S/C14H10Br2FI/c15-12-6-5-10(18)8-11(12)13(16)7-9-3-1-2-4-14(9)17/h1-6,8,13H,7H2. The Balaban J connectivity index is 2.25. The van der Waals surface area contributed by atoms with Crippen LogP contribution >= 0.6 is 54.5 Å². The van der Waals surface area contributed by atoms with Crippen molar-refractivity contribution in [1.29, 1.82) is 0 Å². The molecule has 2 aromatic carbocycles. The van der Waals surface area contributed by atoms with E-state index in [4.69, 9.17) is 0 Å². The Morgan fingerprint density at radius 1 is 1.17 bits per heavy atom. The first-order valence-corrected chi connectivity index (χ1v) is 8.19. The van der Waals surface area contributed by atoms with Crippen LogP contribution in [0.25, 0.3) is 0 Å². The monoisotopic (exact) mass is 482 g/mol. The molecule has 2 aromatic rings. The molecule has 0 heterocycles. The number of hydrogen-bond acceptors (Lipinski definition) is 0. The van der Waals surface area contributed by atoms with Crippen molar-refractivity contribution in [2.24, 2.45) is 0 Å². The second-order valence-electron chi connectivity index (χ2n) is 3.93. The van der Waals surface area contributed by atoms with E-state index >= 15 is 0 Å². The molecule has 0 spiro atoms. The molecule has 1 unspecified atom stereocenters. The van der Waals surface area contributed by atoms with Crippen LogP contribution < -0.4 is 0 Å². The third-order valence-corrected chi connectivity index (χ3v) is 4.86. The van der Waals surface area contributed by atoms with E-state index in [1.807, 2.05) is 24.3 Å². The molecule has 0 aliphatic rings. The first kappa shape index (κ1) is 14.5. The summed E-state index contributed by atoms with van der Waals surface area (Å²) < 4.78 is 15.8. The summed E-state index contributed by atoms with van der Waals surface area (Å²) >= 11 is 9.46. The SMILES string of the molecule is Fc1ccccc1CC(Br)c1cc(I)ccc1Br. The van der Waals surface area contributed by atoms with Crippen molar-refractivity contribution in [3.8, 4) is 0 Å². The summed E-state index contributed by atoms with van der Waals surface area (Å²) in [6.07, 6.45) is 0.630. The van der Waals surface area contributed by atoms with Gasteiger partial charge in [-0.05, 0) is 64.4 Å². The van der Waals surface area contributed by atoms with Gasteiger partial charge in [0.25, 0.3) is 0 Å². The van der Waals surface area contributed by atoms with Gasteiger partial charge in [-0.2, -0.15) is 0 Å². The number of benzene rings is 2. The molecule has 0 amide bonds. The molecule has 0 saturated heterocycles. The molecular formula is C14H10Br2FI. The number of rotatable bonds is 3. The fourth-order valence-corrected chi connectivity index (χ4v) is 3.79. The molecule has 0 aliphatic carbocycles. The largest absolute Gasteiger partial charge is 0.207 e. The van der Waals surface area contributed by atoms with E-state index < -0.39 is 0 Å². The zero-order chi connectivity index (χ0) is 13.1. The molecule has 0 radical (unpaired) electrons. The highest BCUT2D eigenvalue weighted by Gasteiger charge is 2.14. The van der Waals surface area contributed by atoms with Crippen molar-refractivity contribution in [1.82, 2.24) is 0 Å². The Morgan fingerprint density at radius 3 is 2.61 bits per heavy atom. The minimum Gasteiger partial charge on any atom is -0.207 e. The van der Waals surface area contributed by atoms with Gasteiger partial charge in [0, 0.05) is 12.9 Å². The number of alkyl halides is 1. The van der Waals surface area contributed by atoms with Crippen LogP contribution in [0.5, 0.6) is 0 Å². The molecular weight excluding hydrogens is 474 g/mol. The van der Waals surface area contributed by atoms with Crippen LogP contribution in [0, 0.1) is 9.39 Å². The number of halogens is 4. The molecule has 2 rings (SSSR count). The Labute approximate surface area is 136 Å². The van der Waals surface area contributed by atoms with Crippen LogP contribution in [-0.4, -0.2) is 0 Å². The molecule has 0 bridgehead atoms. The summed E-state index contributed by atoms with van der Waals surface area (Å²) in [6.45, 7) is 0. The maximum atomic E-state index is 13.6.